The number of aromatic nitrogens is 1. The van der Waals surface area contributed by atoms with Crippen LogP contribution in [-0.4, -0.2) is 53.9 Å². The van der Waals surface area contributed by atoms with Gasteiger partial charge in [-0.15, -0.1) is 5.10 Å². The zero-order chi connectivity index (χ0) is 27.1. The molecule has 1 fully saturated rings. The SMILES string of the molecule is CCN(CC1CCCC1)c1nc(NC)c(C(C)=N)cc1CN(Cc1cc(Cl)cc(Cl)c1)/C(N)=N/N(C)N. The molecule has 1 aromatic carbocycles. The lowest BCUT2D eigenvalue weighted by Gasteiger charge is -2.31. The molecule has 37 heavy (non-hydrogen) atoms. The summed E-state index contributed by atoms with van der Waals surface area (Å²) in [5.41, 5.74) is 9.45. The number of halogens is 2. The molecular weight excluding hydrogens is 509 g/mol. The van der Waals surface area contributed by atoms with Gasteiger partial charge in [-0.05, 0) is 62.4 Å². The van der Waals surface area contributed by atoms with Crippen LogP contribution >= 0.6 is 23.2 Å². The lowest BCUT2D eigenvalue weighted by Crippen LogP contribution is -2.40. The van der Waals surface area contributed by atoms with Gasteiger partial charge in [-0.25, -0.2) is 15.9 Å². The molecule has 6 N–H and O–H groups in total. The number of benzene rings is 1. The summed E-state index contributed by atoms with van der Waals surface area (Å²) in [7, 11) is 3.45. The minimum Gasteiger partial charge on any atom is -0.373 e. The van der Waals surface area contributed by atoms with E-state index in [4.69, 9.17) is 45.2 Å². The molecule has 0 bridgehead atoms. The van der Waals surface area contributed by atoms with Crippen LogP contribution < -0.4 is 21.8 Å². The lowest BCUT2D eigenvalue weighted by atomic mass is 10.0. The van der Waals surface area contributed by atoms with Crippen molar-refractivity contribution in [1.82, 2.24) is 15.0 Å². The van der Waals surface area contributed by atoms with Crippen molar-refractivity contribution >= 4 is 46.5 Å². The van der Waals surface area contributed by atoms with Crippen molar-refractivity contribution in [3.05, 3.63) is 51.0 Å². The molecule has 1 aromatic heterocycles. The Morgan fingerprint density at radius 3 is 2.35 bits per heavy atom. The molecule has 1 saturated carbocycles. The fourth-order valence-electron chi connectivity index (χ4n) is 4.85. The number of hydrogen-bond donors (Lipinski definition) is 4. The Morgan fingerprint density at radius 2 is 1.81 bits per heavy atom. The first-order valence-electron chi connectivity index (χ1n) is 12.7. The van der Waals surface area contributed by atoms with Gasteiger partial charge in [-0.2, -0.15) is 0 Å². The number of nitrogens with one attached hydrogen (secondary N) is 2. The summed E-state index contributed by atoms with van der Waals surface area (Å²) in [4.78, 5) is 9.28. The molecule has 1 aliphatic rings. The molecule has 0 spiro atoms. The summed E-state index contributed by atoms with van der Waals surface area (Å²) in [6.45, 7) is 6.50. The van der Waals surface area contributed by atoms with Crippen LogP contribution in [0.5, 0.6) is 0 Å². The largest absolute Gasteiger partial charge is 0.373 e. The predicted molar refractivity (Wildman–Crippen MR) is 155 cm³/mol. The molecule has 0 saturated heterocycles. The van der Waals surface area contributed by atoms with E-state index < -0.39 is 0 Å². The van der Waals surface area contributed by atoms with Gasteiger partial charge in [0.15, 0.2) is 0 Å². The molecule has 1 heterocycles. The predicted octanol–water partition coefficient (Wildman–Crippen LogP) is 4.87. The Balaban J connectivity index is 2.07. The van der Waals surface area contributed by atoms with Gasteiger partial charge >= 0.3 is 0 Å². The lowest BCUT2D eigenvalue weighted by molar-refractivity contribution is 0.338. The van der Waals surface area contributed by atoms with Crippen LogP contribution in [0.4, 0.5) is 11.6 Å². The Kier molecular flexibility index (Phi) is 10.3. The highest BCUT2D eigenvalue weighted by Gasteiger charge is 2.24. The zero-order valence-corrected chi connectivity index (χ0v) is 23.7. The normalized spacial score (nSPS) is 14.1. The Labute approximate surface area is 230 Å². The average molecular weight is 549 g/mol. The third-order valence-corrected chi connectivity index (χ3v) is 7.03. The van der Waals surface area contributed by atoms with E-state index in [1.165, 1.54) is 30.8 Å². The highest BCUT2D eigenvalue weighted by Crippen LogP contribution is 2.31. The topological polar surface area (TPSA) is 123 Å². The van der Waals surface area contributed by atoms with Crippen LogP contribution in [0.3, 0.4) is 0 Å². The number of hydrazone groups is 1. The van der Waals surface area contributed by atoms with Crippen LogP contribution in [0.15, 0.2) is 29.4 Å². The number of hydrazine groups is 1. The van der Waals surface area contributed by atoms with Gasteiger partial charge in [0.1, 0.15) is 11.6 Å². The van der Waals surface area contributed by atoms with Gasteiger partial charge < -0.3 is 26.3 Å². The van der Waals surface area contributed by atoms with E-state index in [-0.39, 0.29) is 5.96 Å². The molecule has 2 aromatic rings. The van der Waals surface area contributed by atoms with Gasteiger partial charge in [-0.3, -0.25) is 0 Å². The third kappa shape index (κ3) is 7.87. The van der Waals surface area contributed by atoms with Gasteiger partial charge in [-0.1, -0.05) is 36.0 Å². The van der Waals surface area contributed by atoms with Crippen LogP contribution in [0.2, 0.25) is 10.0 Å². The van der Waals surface area contributed by atoms with E-state index in [9.17, 15) is 0 Å². The minimum atomic E-state index is 0.247. The van der Waals surface area contributed by atoms with Gasteiger partial charge in [0, 0.05) is 67.2 Å². The van der Waals surface area contributed by atoms with Gasteiger partial charge in [0.05, 0.1) is 0 Å². The molecule has 0 aliphatic heterocycles. The first kappa shape index (κ1) is 28.8. The third-order valence-electron chi connectivity index (χ3n) is 6.60. The highest BCUT2D eigenvalue weighted by atomic mass is 35.5. The van der Waals surface area contributed by atoms with E-state index in [0.717, 1.165) is 35.6 Å². The number of rotatable bonds is 11. The second kappa shape index (κ2) is 13.2. The van der Waals surface area contributed by atoms with Gasteiger partial charge in [0.2, 0.25) is 5.96 Å². The van der Waals surface area contributed by atoms with Gasteiger partial charge in [0.25, 0.3) is 0 Å². The van der Waals surface area contributed by atoms with E-state index in [0.29, 0.717) is 40.6 Å². The first-order valence-corrected chi connectivity index (χ1v) is 13.4. The van der Waals surface area contributed by atoms with Crippen molar-refractivity contribution in [2.24, 2.45) is 22.6 Å². The van der Waals surface area contributed by atoms with Crippen molar-refractivity contribution < 1.29 is 0 Å². The fourth-order valence-corrected chi connectivity index (χ4v) is 5.42. The molecule has 9 nitrogen and oxygen atoms in total. The van der Waals surface area contributed by atoms with Crippen molar-refractivity contribution in [3.8, 4) is 0 Å². The number of hydrogen-bond acceptors (Lipinski definition) is 7. The molecule has 11 heteroatoms. The Hall–Kier alpha value is -2.75. The molecule has 0 atom stereocenters. The average Bonchev–Trinajstić information content (AvgIpc) is 3.34. The molecular formula is C26H39Cl2N9. The summed E-state index contributed by atoms with van der Waals surface area (Å²) in [6.07, 6.45) is 5.05. The fraction of sp³-hybridized carbons (Fsp3) is 0.500. The molecule has 0 radical (unpaired) electrons. The van der Waals surface area contributed by atoms with Crippen LogP contribution in [-0.2, 0) is 13.1 Å². The number of nitrogens with two attached hydrogens (primary N) is 2. The summed E-state index contributed by atoms with van der Waals surface area (Å²) in [5.74, 6) is 8.27. The second-order valence-corrected chi connectivity index (χ2v) is 10.5. The zero-order valence-electron chi connectivity index (χ0n) is 22.2. The Bertz CT molecular complexity index is 1090. The number of guanidine groups is 1. The van der Waals surface area contributed by atoms with Crippen molar-refractivity contribution in [3.63, 3.8) is 0 Å². The Morgan fingerprint density at radius 1 is 1.16 bits per heavy atom. The van der Waals surface area contributed by atoms with Crippen LogP contribution in [0.25, 0.3) is 0 Å². The molecule has 1 aliphatic carbocycles. The molecule has 0 amide bonds. The van der Waals surface area contributed by atoms with E-state index in [1.54, 1.807) is 20.0 Å². The maximum atomic E-state index is 8.36. The van der Waals surface area contributed by atoms with E-state index in [2.05, 4.69) is 22.2 Å². The minimum absolute atomic E-state index is 0.247. The second-order valence-electron chi connectivity index (χ2n) is 9.60. The monoisotopic (exact) mass is 547 g/mol. The molecule has 0 unspecified atom stereocenters. The number of anilines is 2. The summed E-state index contributed by atoms with van der Waals surface area (Å²) in [5, 5.41) is 18.1. The first-order chi connectivity index (χ1) is 17.6. The van der Waals surface area contributed by atoms with Crippen molar-refractivity contribution in [2.45, 2.75) is 52.6 Å². The van der Waals surface area contributed by atoms with Crippen molar-refractivity contribution in [1.29, 1.82) is 5.41 Å². The smallest absolute Gasteiger partial charge is 0.216 e. The quantitative estimate of drug-likeness (QED) is 0.137. The van der Waals surface area contributed by atoms with Crippen LogP contribution in [0.1, 0.15) is 56.2 Å². The molecule has 3 rings (SSSR count). The number of nitrogens with zero attached hydrogens (tertiary/aromatic N) is 5. The molecule has 202 valence electrons. The maximum Gasteiger partial charge on any atom is 0.216 e. The van der Waals surface area contributed by atoms with Crippen molar-refractivity contribution in [2.75, 3.05) is 37.4 Å². The highest BCUT2D eigenvalue weighted by molar-refractivity contribution is 6.34. The summed E-state index contributed by atoms with van der Waals surface area (Å²) < 4.78 is 0. The van der Waals surface area contributed by atoms with E-state index in [1.807, 2.05) is 30.1 Å². The van der Waals surface area contributed by atoms with Crippen LogP contribution in [0, 0.1) is 11.3 Å². The van der Waals surface area contributed by atoms with E-state index >= 15 is 0 Å². The standard InChI is InChI=1S/C26H39Cl2N9/c1-5-36(14-18-8-6-7-9-18)25-20(12-23(17(2)29)24(32-3)33-25)16-37(26(30)34-35(4)31)15-19-10-21(27)13-22(28)11-19/h10-13,18,29H,5-9,14-16,31H2,1-4H3,(H2,30,34)(H,32,33). The summed E-state index contributed by atoms with van der Waals surface area (Å²) >= 11 is 12.5. The number of pyridine rings is 1. The maximum absolute atomic E-state index is 8.36. The summed E-state index contributed by atoms with van der Waals surface area (Å²) in [6, 6.07) is 7.44.